The lowest BCUT2D eigenvalue weighted by atomic mass is 10.3. The van der Waals surface area contributed by atoms with E-state index in [2.05, 4.69) is 20.9 Å². The van der Waals surface area contributed by atoms with E-state index in [1.165, 1.54) is 6.07 Å². The van der Waals surface area contributed by atoms with E-state index in [0.717, 1.165) is 12.8 Å². The number of thiocarbonyl (C=S) groups is 1. The molecular formula is C11H13BrFN3S. The summed E-state index contributed by atoms with van der Waals surface area (Å²) in [6.45, 7) is 0.631. The van der Waals surface area contributed by atoms with Gasteiger partial charge in [0.25, 0.3) is 0 Å². The van der Waals surface area contributed by atoms with Gasteiger partial charge < -0.3 is 10.6 Å². The number of nitrogens with two attached hydrogens (primary N) is 1. The summed E-state index contributed by atoms with van der Waals surface area (Å²) in [6.07, 6.45) is 4.35. The summed E-state index contributed by atoms with van der Waals surface area (Å²) in [5.74, 6) is 0.0844. The van der Waals surface area contributed by atoms with E-state index in [4.69, 9.17) is 18.0 Å². The topological polar surface area (TPSA) is 42.1 Å². The molecule has 0 bridgehead atoms. The Kier molecular flexibility index (Phi) is 3.93. The van der Waals surface area contributed by atoms with E-state index in [9.17, 15) is 4.39 Å². The molecule has 17 heavy (non-hydrogen) atoms. The Morgan fingerprint density at radius 2 is 2.35 bits per heavy atom. The molecule has 1 fully saturated rings. The van der Waals surface area contributed by atoms with E-state index < -0.39 is 0 Å². The van der Waals surface area contributed by atoms with Crippen molar-refractivity contribution < 1.29 is 4.39 Å². The maximum Gasteiger partial charge on any atom is 0.166 e. The number of aromatic nitrogens is 1. The first-order chi connectivity index (χ1) is 8.08. The first kappa shape index (κ1) is 12.7. The van der Waals surface area contributed by atoms with Crippen molar-refractivity contribution in [2.75, 3.05) is 11.4 Å². The van der Waals surface area contributed by atoms with Crippen molar-refractivity contribution >= 4 is 39.0 Å². The van der Waals surface area contributed by atoms with Gasteiger partial charge in [-0.2, -0.15) is 0 Å². The molecular weight excluding hydrogens is 305 g/mol. The molecule has 3 nitrogen and oxygen atoms in total. The lowest BCUT2D eigenvalue weighted by Crippen LogP contribution is -2.31. The Morgan fingerprint density at radius 3 is 2.88 bits per heavy atom. The predicted molar refractivity (Wildman–Crippen MR) is 73.7 cm³/mol. The maximum atomic E-state index is 13.8. The van der Waals surface area contributed by atoms with Crippen LogP contribution >= 0.6 is 28.1 Å². The van der Waals surface area contributed by atoms with Crippen LogP contribution in [0.3, 0.4) is 0 Å². The summed E-state index contributed by atoms with van der Waals surface area (Å²) >= 11 is 8.05. The van der Waals surface area contributed by atoms with Gasteiger partial charge in [-0.3, -0.25) is 0 Å². The number of rotatable bonds is 5. The Hall–Kier alpha value is -0.750. The van der Waals surface area contributed by atoms with E-state index in [0.29, 0.717) is 34.3 Å². The molecule has 0 radical (unpaired) electrons. The third kappa shape index (κ3) is 3.35. The Bertz CT molecular complexity index is 437. The van der Waals surface area contributed by atoms with Crippen LogP contribution < -0.4 is 10.6 Å². The van der Waals surface area contributed by atoms with Gasteiger partial charge >= 0.3 is 0 Å². The number of anilines is 1. The van der Waals surface area contributed by atoms with Crippen molar-refractivity contribution in [1.29, 1.82) is 0 Å². The zero-order chi connectivity index (χ0) is 12.4. The van der Waals surface area contributed by atoms with E-state index in [-0.39, 0.29) is 5.82 Å². The zero-order valence-electron chi connectivity index (χ0n) is 9.20. The number of hydrogen-bond donors (Lipinski definition) is 1. The average molecular weight is 318 g/mol. The van der Waals surface area contributed by atoms with Crippen LogP contribution in [0.4, 0.5) is 10.2 Å². The lowest BCUT2D eigenvalue weighted by Gasteiger charge is -2.23. The van der Waals surface area contributed by atoms with Crippen LogP contribution in [-0.4, -0.2) is 22.6 Å². The fraction of sp³-hybridized carbons (Fsp3) is 0.455. The highest BCUT2D eigenvalue weighted by Gasteiger charge is 2.31. The first-order valence-corrected chi connectivity index (χ1v) is 6.64. The van der Waals surface area contributed by atoms with Crippen LogP contribution in [0.2, 0.25) is 0 Å². The molecule has 0 atom stereocenters. The van der Waals surface area contributed by atoms with Crippen LogP contribution in [0, 0.1) is 5.82 Å². The molecule has 92 valence electrons. The molecule has 0 spiro atoms. The number of halogens is 2. The summed E-state index contributed by atoms with van der Waals surface area (Å²) in [4.78, 5) is 6.55. The molecule has 0 saturated heterocycles. The number of nitrogens with zero attached hydrogens (tertiary/aromatic N) is 2. The van der Waals surface area contributed by atoms with Crippen molar-refractivity contribution in [1.82, 2.24) is 4.98 Å². The van der Waals surface area contributed by atoms with E-state index >= 15 is 0 Å². The zero-order valence-corrected chi connectivity index (χ0v) is 11.6. The molecule has 1 aliphatic rings. The van der Waals surface area contributed by atoms with Gasteiger partial charge in [0, 0.05) is 29.7 Å². The van der Waals surface area contributed by atoms with Crippen LogP contribution in [0.5, 0.6) is 0 Å². The maximum absolute atomic E-state index is 13.8. The van der Waals surface area contributed by atoms with E-state index in [1.54, 1.807) is 6.20 Å². The molecule has 2 N–H and O–H groups in total. The molecule has 6 heteroatoms. The van der Waals surface area contributed by atoms with Gasteiger partial charge in [-0.05, 0) is 34.8 Å². The SMILES string of the molecule is NC(=S)CCN(c1ncc(Br)cc1F)C1CC1. The van der Waals surface area contributed by atoms with Gasteiger partial charge in [-0.1, -0.05) is 12.2 Å². The Labute approximate surface area is 113 Å². The molecule has 0 unspecified atom stereocenters. The smallest absolute Gasteiger partial charge is 0.166 e. The van der Waals surface area contributed by atoms with Crippen LogP contribution in [0.25, 0.3) is 0 Å². The second kappa shape index (κ2) is 5.27. The fourth-order valence-electron chi connectivity index (χ4n) is 1.70. The van der Waals surface area contributed by atoms with Crippen molar-refractivity contribution in [3.05, 3.63) is 22.6 Å². The monoisotopic (exact) mass is 317 g/mol. The summed E-state index contributed by atoms with van der Waals surface area (Å²) in [5, 5.41) is 0. The Balaban J connectivity index is 2.17. The largest absolute Gasteiger partial charge is 0.393 e. The molecule has 1 aromatic rings. The summed E-state index contributed by atoms with van der Waals surface area (Å²) in [7, 11) is 0. The third-order valence-electron chi connectivity index (χ3n) is 2.65. The van der Waals surface area contributed by atoms with Gasteiger partial charge in [0.05, 0.1) is 4.99 Å². The molecule has 0 aromatic carbocycles. The highest BCUT2D eigenvalue weighted by molar-refractivity contribution is 9.10. The summed E-state index contributed by atoms with van der Waals surface area (Å²) < 4.78 is 14.5. The van der Waals surface area contributed by atoms with Crippen molar-refractivity contribution in [3.63, 3.8) is 0 Å². The lowest BCUT2D eigenvalue weighted by molar-refractivity contribution is 0.606. The molecule has 1 aliphatic carbocycles. The summed E-state index contributed by atoms with van der Waals surface area (Å²) in [5.41, 5.74) is 5.48. The predicted octanol–water partition coefficient (Wildman–Crippen LogP) is 2.63. The molecule has 2 rings (SSSR count). The molecule has 1 saturated carbocycles. The average Bonchev–Trinajstić information content (AvgIpc) is 3.04. The Morgan fingerprint density at radius 1 is 1.65 bits per heavy atom. The van der Waals surface area contributed by atoms with E-state index in [1.807, 2.05) is 4.90 Å². The molecule has 1 aromatic heterocycles. The standard InChI is InChI=1S/C11H13BrFN3S/c12-7-5-9(13)11(15-6-7)16(8-1-2-8)4-3-10(14)17/h5-6,8H,1-4H2,(H2,14,17). The van der Waals surface area contributed by atoms with Crippen LogP contribution in [-0.2, 0) is 0 Å². The van der Waals surface area contributed by atoms with Crippen molar-refractivity contribution in [2.45, 2.75) is 25.3 Å². The van der Waals surface area contributed by atoms with Crippen molar-refractivity contribution in [2.24, 2.45) is 5.73 Å². The van der Waals surface area contributed by atoms with Gasteiger partial charge in [0.15, 0.2) is 11.6 Å². The highest BCUT2D eigenvalue weighted by Crippen LogP contribution is 2.32. The third-order valence-corrected chi connectivity index (χ3v) is 3.28. The van der Waals surface area contributed by atoms with Gasteiger partial charge in [0.1, 0.15) is 0 Å². The molecule has 1 heterocycles. The second-order valence-electron chi connectivity index (χ2n) is 4.10. The second-order valence-corrected chi connectivity index (χ2v) is 5.54. The van der Waals surface area contributed by atoms with Crippen LogP contribution in [0.1, 0.15) is 19.3 Å². The highest BCUT2D eigenvalue weighted by atomic mass is 79.9. The number of hydrogen-bond acceptors (Lipinski definition) is 3. The fourth-order valence-corrected chi connectivity index (χ4v) is 2.09. The molecule has 0 aliphatic heterocycles. The number of pyridine rings is 1. The van der Waals surface area contributed by atoms with Crippen LogP contribution in [0.15, 0.2) is 16.7 Å². The first-order valence-electron chi connectivity index (χ1n) is 5.44. The van der Waals surface area contributed by atoms with Crippen molar-refractivity contribution in [3.8, 4) is 0 Å². The van der Waals surface area contributed by atoms with Gasteiger partial charge in [0.2, 0.25) is 0 Å². The van der Waals surface area contributed by atoms with Gasteiger partial charge in [-0.15, -0.1) is 0 Å². The quantitative estimate of drug-likeness (QED) is 0.848. The minimum Gasteiger partial charge on any atom is -0.393 e. The molecule has 0 amide bonds. The minimum atomic E-state index is -0.311. The summed E-state index contributed by atoms with van der Waals surface area (Å²) in [6, 6.07) is 1.81. The minimum absolute atomic E-state index is 0.311. The normalized spacial score (nSPS) is 14.7. The van der Waals surface area contributed by atoms with Gasteiger partial charge in [-0.25, -0.2) is 9.37 Å².